The van der Waals surface area contributed by atoms with Crippen LogP contribution in [0.15, 0.2) is 36.6 Å². The zero-order valence-corrected chi connectivity index (χ0v) is 5.84. The first-order chi connectivity index (χ1) is 4.66. The summed E-state index contributed by atoms with van der Waals surface area (Å²) in [6.45, 7) is 7.05. The topological polar surface area (TPSA) is 43.1 Å². The van der Waals surface area contributed by atoms with Crippen LogP contribution in [0.2, 0.25) is 0 Å². The van der Waals surface area contributed by atoms with E-state index in [0.717, 1.165) is 11.9 Å². The molecule has 2 N–H and O–H groups in total. The van der Waals surface area contributed by atoms with E-state index in [9.17, 15) is 4.79 Å². The number of carbonyl (C=O) groups is 1. The van der Waals surface area contributed by atoms with Gasteiger partial charge < -0.3 is 10.5 Å². The van der Waals surface area contributed by atoms with Gasteiger partial charge >= 0.3 is 0 Å². The minimum atomic E-state index is 0.351. The third-order valence-corrected chi connectivity index (χ3v) is 0.879. The van der Waals surface area contributed by atoms with Crippen LogP contribution >= 0.6 is 0 Å². The molecule has 0 aromatic carbocycles. The standard InChI is InChI=1S/C8H11NO/c1-7(5-6-10)3-4-8(2)9/h3-4,6H,1-2,5,9H2/b4-3-. The second-order valence-electron chi connectivity index (χ2n) is 1.94. The van der Waals surface area contributed by atoms with E-state index in [1.165, 1.54) is 0 Å². The molecule has 0 spiro atoms. The molecule has 10 heavy (non-hydrogen) atoms. The third-order valence-electron chi connectivity index (χ3n) is 0.879. The molecular weight excluding hydrogens is 126 g/mol. The number of allylic oxidation sites excluding steroid dienone is 3. The molecule has 0 amide bonds. The van der Waals surface area contributed by atoms with Crippen LogP contribution in [-0.4, -0.2) is 6.29 Å². The molecule has 0 bridgehead atoms. The predicted octanol–water partition coefficient (Wildman–Crippen LogP) is 1.16. The summed E-state index contributed by atoms with van der Waals surface area (Å²) in [5.41, 5.74) is 6.43. The Bertz CT molecular complexity index is 180. The smallest absolute Gasteiger partial charge is 0.124 e. The summed E-state index contributed by atoms with van der Waals surface area (Å²) >= 11 is 0. The number of rotatable bonds is 4. The summed E-state index contributed by atoms with van der Waals surface area (Å²) in [4.78, 5) is 9.91. The molecular formula is C8H11NO. The van der Waals surface area contributed by atoms with Crippen LogP contribution in [0.4, 0.5) is 0 Å². The zero-order valence-electron chi connectivity index (χ0n) is 5.84. The molecule has 0 radical (unpaired) electrons. The van der Waals surface area contributed by atoms with Crippen molar-refractivity contribution in [3.05, 3.63) is 36.6 Å². The molecule has 0 aliphatic heterocycles. The van der Waals surface area contributed by atoms with Crippen LogP contribution in [0.3, 0.4) is 0 Å². The molecule has 0 atom stereocenters. The minimum absolute atomic E-state index is 0.351. The lowest BCUT2D eigenvalue weighted by Gasteiger charge is -1.89. The van der Waals surface area contributed by atoms with Gasteiger partial charge in [0, 0.05) is 12.1 Å². The van der Waals surface area contributed by atoms with E-state index < -0.39 is 0 Å². The van der Waals surface area contributed by atoms with Crippen molar-refractivity contribution >= 4 is 6.29 Å². The predicted molar refractivity (Wildman–Crippen MR) is 42.3 cm³/mol. The van der Waals surface area contributed by atoms with Gasteiger partial charge in [0.1, 0.15) is 6.29 Å². The molecule has 0 unspecified atom stereocenters. The first-order valence-electron chi connectivity index (χ1n) is 2.90. The van der Waals surface area contributed by atoms with Crippen molar-refractivity contribution in [2.24, 2.45) is 5.73 Å². The number of hydrogen-bond acceptors (Lipinski definition) is 2. The first-order valence-corrected chi connectivity index (χ1v) is 2.90. The van der Waals surface area contributed by atoms with E-state index in [2.05, 4.69) is 13.2 Å². The maximum atomic E-state index is 9.91. The van der Waals surface area contributed by atoms with E-state index in [0.29, 0.717) is 12.1 Å². The van der Waals surface area contributed by atoms with Gasteiger partial charge in [-0.15, -0.1) is 0 Å². The van der Waals surface area contributed by atoms with Gasteiger partial charge in [-0.25, -0.2) is 0 Å². The highest BCUT2D eigenvalue weighted by atomic mass is 16.1. The Morgan fingerprint density at radius 2 is 2.00 bits per heavy atom. The summed E-state index contributed by atoms with van der Waals surface area (Å²) in [5, 5.41) is 0. The third kappa shape index (κ3) is 4.84. The first kappa shape index (κ1) is 8.69. The Kier molecular flexibility index (Phi) is 3.96. The molecule has 2 heteroatoms. The lowest BCUT2D eigenvalue weighted by molar-refractivity contribution is -0.107. The van der Waals surface area contributed by atoms with Crippen LogP contribution < -0.4 is 5.73 Å². The lowest BCUT2D eigenvalue weighted by atomic mass is 10.2. The highest BCUT2D eigenvalue weighted by Gasteiger charge is 1.84. The van der Waals surface area contributed by atoms with Gasteiger partial charge in [-0.05, 0) is 11.6 Å². The molecule has 0 fully saturated rings. The average Bonchev–Trinajstić information content (AvgIpc) is 1.85. The number of nitrogens with two attached hydrogens (primary N) is 1. The van der Waals surface area contributed by atoms with E-state index in [1.54, 1.807) is 12.2 Å². The Morgan fingerprint density at radius 3 is 2.40 bits per heavy atom. The van der Waals surface area contributed by atoms with Crippen LogP contribution in [0.5, 0.6) is 0 Å². The Hall–Kier alpha value is -1.31. The Labute approximate surface area is 60.7 Å². The fraction of sp³-hybridized carbons (Fsp3) is 0.125. The molecule has 0 aromatic heterocycles. The highest BCUT2D eigenvalue weighted by Crippen LogP contribution is 1.97. The van der Waals surface area contributed by atoms with E-state index in [4.69, 9.17) is 5.73 Å². The molecule has 0 aliphatic rings. The largest absolute Gasteiger partial charge is 0.399 e. The van der Waals surface area contributed by atoms with Gasteiger partial charge in [0.15, 0.2) is 0 Å². The van der Waals surface area contributed by atoms with Crippen LogP contribution in [0.1, 0.15) is 6.42 Å². The molecule has 2 nitrogen and oxygen atoms in total. The summed E-state index contributed by atoms with van der Waals surface area (Å²) in [6, 6.07) is 0. The molecule has 0 saturated carbocycles. The van der Waals surface area contributed by atoms with Crippen molar-refractivity contribution in [2.75, 3.05) is 0 Å². The van der Waals surface area contributed by atoms with E-state index >= 15 is 0 Å². The summed E-state index contributed by atoms with van der Waals surface area (Å²) in [5.74, 6) is 0. The van der Waals surface area contributed by atoms with Gasteiger partial charge in [0.2, 0.25) is 0 Å². The monoisotopic (exact) mass is 137 g/mol. The lowest BCUT2D eigenvalue weighted by Crippen LogP contribution is -1.88. The number of carbonyl (C=O) groups excluding carboxylic acids is 1. The average molecular weight is 137 g/mol. The van der Waals surface area contributed by atoms with Crippen LogP contribution in [0, 0.1) is 0 Å². The fourth-order valence-electron chi connectivity index (χ4n) is 0.400. The molecule has 0 heterocycles. The van der Waals surface area contributed by atoms with Crippen LogP contribution in [0.25, 0.3) is 0 Å². The maximum Gasteiger partial charge on any atom is 0.124 e. The summed E-state index contributed by atoms with van der Waals surface area (Å²) in [7, 11) is 0. The second kappa shape index (κ2) is 4.56. The van der Waals surface area contributed by atoms with Crippen molar-refractivity contribution in [3.8, 4) is 0 Å². The van der Waals surface area contributed by atoms with Gasteiger partial charge in [0.05, 0.1) is 0 Å². The van der Waals surface area contributed by atoms with Gasteiger partial charge in [-0.1, -0.05) is 19.2 Å². The normalized spacial score (nSPS) is 9.60. The molecule has 0 saturated heterocycles. The van der Waals surface area contributed by atoms with Crippen molar-refractivity contribution in [1.29, 1.82) is 0 Å². The Balaban J connectivity index is 3.77. The number of aldehydes is 1. The van der Waals surface area contributed by atoms with E-state index in [-0.39, 0.29) is 0 Å². The SMILES string of the molecule is C=C(N)/C=C\C(=C)CC=O. The highest BCUT2D eigenvalue weighted by molar-refractivity contribution is 5.55. The van der Waals surface area contributed by atoms with Crippen molar-refractivity contribution in [2.45, 2.75) is 6.42 Å². The quantitative estimate of drug-likeness (QED) is 0.466. The second-order valence-corrected chi connectivity index (χ2v) is 1.94. The molecule has 54 valence electrons. The van der Waals surface area contributed by atoms with Crippen molar-refractivity contribution < 1.29 is 4.79 Å². The minimum Gasteiger partial charge on any atom is -0.399 e. The van der Waals surface area contributed by atoms with Crippen molar-refractivity contribution in [3.63, 3.8) is 0 Å². The molecule has 0 aromatic rings. The fourth-order valence-corrected chi connectivity index (χ4v) is 0.400. The van der Waals surface area contributed by atoms with Gasteiger partial charge in [-0.3, -0.25) is 0 Å². The Morgan fingerprint density at radius 1 is 1.40 bits per heavy atom. The maximum absolute atomic E-state index is 9.91. The molecule has 0 rings (SSSR count). The summed E-state index contributed by atoms with van der Waals surface area (Å²) in [6.07, 6.45) is 4.44. The summed E-state index contributed by atoms with van der Waals surface area (Å²) < 4.78 is 0. The van der Waals surface area contributed by atoms with Crippen molar-refractivity contribution in [1.82, 2.24) is 0 Å². The zero-order chi connectivity index (χ0) is 7.98. The van der Waals surface area contributed by atoms with Crippen LogP contribution in [-0.2, 0) is 4.79 Å². The van der Waals surface area contributed by atoms with E-state index in [1.807, 2.05) is 0 Å². The molecule has 0 aliphatic carbocycles. The van der Waals surface area contributed by atoms with Gasteiger partial charge in [0.25, 0.3) is 0 Å². The number of hydrogen-bond donors (Lipinski definition) is 1. The van der Waals surface area contributed by atoms with Gasteiger partial charge in [-0.2, -0.15) is 0 Å².